The number of carbonyl (C=O) groups excluding carboxylic acids is 1. The fraction of sp³-hybridized carbons (Fsp3) is 0.738. The van der Waals surface area contributed by atoms with Crippen LogP contribution in [0.2, 0.25) is 36.3 Å². The molecule has 7 atom stereocenters. The molecule has 0 bridgehead atoms. The highest BCUT2D eigenvalue weighted by molar-refractivity contribution is 6.74. The lowest BCUT2D eigenvalue weighted by molar-refractivity contribution is -0.138. The molecule has 0 aromatic carbocycles. The maximum atomic E-state index is 12.0. The number of rotatable bonds is 12. The Labute approximate surface area is 303 Å². The Morgan fingerprint density at radius 2 is 1.63 bits per heavy atom. The fourth-order valence-corrected chi connectivity index (χ4v) is 10.7. The summed E-state index contributed by atoms with van der Waals surface area (Å²) in [6.45, 7) is 38.7. The Morgan fingerprint density at radius 3 is 2.22 bits per heavy atom. The van der Waals surface area contributed by atoms with Gasteiger partial charge in [-0.2, -0.15) is 0 Å². The second-order valence-corrected chi connectivity index (χ2v) is 28.2. The average molecular weight is 713 g/mol. The molecule has 0 amide bonds. The molecule has 278 valence electrons. The number of aliphatic hydroxyl groups excluding tert-OH is 1. The minimum absolute atomic E-state index is 0.0148. The van der Waals surface area contributed by atoms with E-state index in [0.717, 1.165) is 24.8 Å². The van der Waals surface area contributed by atoms with Crippen molar-refractivity contribution in [3.63, 3.8) is 0 Å². The van der Waals surface area contributed by atoms with E-state index in [2.05, 4.69) is 113 Å². The van der Waals surface area contributed by atoms with E-state index < -0.39 is 28.7 Å². The van der Waals surface area contributed by atoms with Gasteiger partial charge in [0.15, 0.2) is 16.6 Å². The number of ether oxygens (including phenoxy) is 1. The van der Waals surface area contributed by atoms with Crippen molar-refractivity contribution in [3.8, 4) is 0 Å². The van der Waals surface area contributed by atoms with Crippen LogP contribution in [-0.2, 0) is 18.4 Å². The molecule has 3 rings (SSSR count). The summed E-state index contributed by atoms with van der Waals surface area (Å²) in [4.78, 5) is 12.0. The Balaban J connectivity index is 1.83. The SMILES string of the molecule is C=C(CC(O)/C=C/[C@@H](C)[C@H]1CC[C@H]2/C(=C/C=C3/C[C@@H](O[Si](C)(C)C(C)(C)C)C[C@H](O[Si](C)(C)C(C)(C)C)C3=C)CCC[C@]12C)C(=O)OCC. The number of hydrogen-bond donors (Lipinski definition) is 1. The topological polar surface area (TPSA) is 65.0 Å². The number of carbonyl (C=O) groups is 1. The van der Waals surface area contributed by atoms with Gasteiger partial charge in [0.05, 0.1) is 24.9 Å². The van der Waals surface area contributed by atoms with E-state index in [1.807, 2.05) is 6.08 Å². The Bertz CT molecular complexity index is 1290. The zero-order valence-corrected chi connectivity index (χ0v) is 35.6. The summed E-state index contributed by atoms with van der Waals surface area (Å²) in [6.07, 6.45) is 16.2. The third-order valence-electron chi connectivity index (χ3n) is 13.1. The average Bonchev–Trinajstić information content (AvgIpc) is 3.33. The van der Waals surface area contributed by atoms with Gasteiger partial charge in [0.25, 0.3) is 0 Å². The van der Waals surface area contributed by atoms with E-state index in [1.54, 1.807) is 12.5 Å². The summed E-state index contributed by atoms with van der Waals surface area (Å²) >= 11 is 0. The van der Waals surface area contributed by atoms with Gasteiger partial charge in [-0.3, -0.25) is 0 Å². The van der Waals surface area contributed by atoms with E-state index >= 15 is 0 Å². The van der Waals surface area contributed by atoms with Crippen molar-refractivity contribution in [2.75, 3.05) is 6.61 Å². The largest absolute Gasteiger partial charge is 0.463 e. The van der Waals surface area contributed by atoms with Gasteiger partial charge < -0.3 is 18.7 Å². The van der Waals surface area contributed by atoms with E-state index in [0.29, 0.717) is 29.9 Å². The monoisotopic (exact) mass is 712 g/mol. The van der Waals surface area contributed by atoms with Gasteiger partial charge in [0, 0.05) is 18.4 Å². The van der Waals surface area contributed by atoms with Gasteiger partial charge in [0.1, 0.15) is 0 Å². The number of esters is 1. The fourth-order valence-electron chi connectivity index (χ4n) is 7.98. The van der Waals surface area contributed by atoms with Gasteiger partial charge in [-0.05, 0) is 116 Å². The first-order valence-corrected chi connectivity index (χ1v) is 24.9. The van der Waals surface area contributed by atoms with Gasteiger partial charge in [0.2, 0.25) is 0 Å². The molecule has 1 unspecified atom stereocenters. The van der Waals surface area contributed by atoms with Crippen molar-refractivity contribution in [2.45, 2.75) is 168 Å². The molecule has 0 saturated heterocycles. The summed E-state index contributed by atoms with van der Waals surface area (Å²) in [7, 11) is -3.98. The molecule has 0 heterocycles. The molecule has 0 spiro atoms. The Kier molecular flexibility index (Phi) is 13.7. The van der Waals surface area contributed by atoms with Crippen molar-refractivity contribution < 1.29 is 23.5 Å². The van der Waals surface area contributed by atoms with Crippen LogP contribution in [0.25, 0.3) is 0 Å². The second-order valence-electron chi connectivity index (χ2n) is 18.7. The van der Waals surface area contributed by atoms with Crippen LogP contribution in [0.3, 0.4) is 0 Å². The summed E-state index contributed by atoms with van der Waals surface area (Å²) in [5.41, 5.74) is 4.54. The normalized spacial score (nSPS) is 30.1. The first-order chi connectivity index (χ1) is 22.4. The number of aliphatic hydroxyl groups is 1. The molecule has 5 nitrogen and oxygen atoms in total. The summed E-state index contributed by atoms with van der Waals surface area (Å²) < 4.78 is 19.2. The first-order valence-electron chi connectivity index (χ1n) is 19.1. The Morgan fingerprint density at radius 1 is 1.02 bits per heavy atom. The zero-order chi connectivity index (χ0) is 37.2. The lowest BCUT2D eigenvalue weighted by Gasteiger charge is -2.45. The van der Waals surface area contributed by atoms with E-state index in [9.17, 15) is 9.90 Å². The van der Waals surface area contributed by atoms with Crippen LogP contribution >= 0.6 is 0 Å². The van der Waals surface area contributed by atoms with E-state index in [4.69, 9.17) is 13.6 Å². The number of fused-ring (bicyclic) bond motifs is 1. The minimum Gasteiger partial charge on any atom is -0.463 e. The predicted octanol–water partition coefficient (Wildman–Crippen LogP) is 11.2. The molecule has 49 heavy (non-hydrogen) atoms. The molecule has 3 aliphatic carbocycles. The third kappa shape index (κ3) is 10.1. The number of hydrogen-bond acceptors (Lipinski definition) is 5. The molecule has 3 fully saturated rings. The van der Waals surface area contributed by atoms with Crippen molar-refractivity contribution in [1.82, 2.24) is 0 Å². The van der Waals surface area contributed by atoms with Crippen LogP contribution in [0.15, 0.2) is 59.8 Å². The van der Waals surface area contributed by atoms with E-state index in [-0.39, 0.29) is 34.1 Å². The maximum absolute atomic E-state index is 12.0. The molecule has 3 saturated carbocycles. The van der Waals surface area contributed by atoms with Crippen LogP contribution in [0.4, 0.5) is 0 Å². The molecule has 7 heteroatoms. The Hall–Kier alpha value is -1.52. The molecule has 0 aromatic rings. The molecule has 0 aliphatic heterocycles. The summed E-state index contributed by atoms with van der Waals surface area (Å²) in [6, 6.07) is 0. The highest BCUT2D eigenvalue weighted by atomic mass is 28.4. The smallest absolute Gasteiger partial charge is 0.333 e. The third-order valence-corrected chi connectivity index (χ3v) is 22.1. The summed E-state index contributed by atoms with van der Waals surface area (Å²) in [5, 5.41) is 10.9. The quantitative estimate of drug-likeness (QED) is 0.0944. The van der Waals surface area contributed by atoms with Crippen molar-refractivity contribution in [1.29, 1.82) is 0 Å². The van der Waals surface area contributed by atoms with Gasteiger partial charge in [-0.25, -0.2) is 4.79 Å². The first kappa shape index (κ1) is 41.9. The van der Waals surface area contributed by atoms with Crippen LogP contribution < -0.4 is 0 Å². The molecule has 1 N–H and O–H groups in total. The van der Waals surface area contributed by atoms with Crippen molar-refractivity contribution in [2.24, 2.45) is 23.2 Å². The molecule has 0 aromatic heterocycles. The molecule has 0 radical (unpaired) electrons. The maximum Gasteiger partial charge on any atom is 0.333 e. The lowest BCUT2D eigenvalue weighted by atomic mass is 9.61. The van der Waals surface area contributed by atoms with E-state index in [1.165, 1.54) is 31.3 Å². The van der Waals surface area contributed by atoms with Crippen LogP contribution in [0, 0.1) is 23.2 Å². The van der Waals surface area contributed by atoms with Crippen molar-refractivity contribution >= 4 is 22.6 Å². The molecule has 3 aliphatic rings. The zero-order valence-electron chi connectivity index (χ0n) is 33.6. The second kappa shape index (κ2) is 16.0. The molecular formula is C42H72O5Si2. The highest BCUT2D eigenvalue weighted by Gasteiger charge is 2.50. The van der Waals surface area contributed by atoms with Gasteiger partial charge in [-0.1, -0.05) is 98.4 Å². The summed E-state index contributed by atoms with van der Waals surface area (Å²) in [5.74, 6) is 1.00. The molecular weight excluding hydrogens is 641 g/mol. The van der Waals surface area contributed by atoms with Gasteiger partial charge in [-0.15, -0.1) is 0 Å². The lowest BCUT2D eigenvalue weighted by Crippen LogP contribution is -2.49. The van der Waals surface area contributed by atoms with Crippen LogP contribution in [-0.4, -0.2) is 52.6 Å². The van der Waals surface area contributed by atoms with Crippen molar-refractivity contribution in [3.05, 3.63) is 59.8 Å². The highest BCUT2D eigenvalue weighted by Crippen LogP contribution is 2.59. The number of allylic oxidation sites excluding steroid dienone is 4. The van der Waals surface area contributed by atoms with Crippen LogP contribution in [0.1, 0.15) is 114 Å². The predicted molar refractivity (Wildman–Crippen MR) is 212 cm³/mol. The van der Waals surface area contributed by atoms with Gasteiger partial charge >= 0.3 is 5.97 Å². The minimum atomic E-state index is -2.01. The standard InChI is InChI=1S/C42H72O5Si2/c1-16-45-39(44)30(3)26-34(43)22-19-29(2)36-23-24-37-32(18-17-25-42(36,37)11)20-21-33-27-35(46-48(12,13)40(5,6)7)28-38(31(33)4)47-49(14,15)41(8,9)10/h19-22,29,34-38,43H,3-4,16-18,23-28H2,1-2,5-15H3/b22-19+,32-20+,33-21-/t29-,34?,35-,36-,37+,38+,42-/m1/s1. The van der Waals surface area contributed by atoms with Crippen LogP contribution in [0.5, 0.6) is 0 Å².